The number of nitrogens with one attached hydrogen (secondary N) is 1. The van der Waals surface area contributed by atoms with Crippen molar-refractivity contribution in [2.24, 2.45) is 0 Å². The van der Waals surface area contributed by atoms with Crippen molar-refractivity contribution in [1.82, 2.24) is 9.55 Å². The minimum Gasteiger partial charge on any atom is -0.493 e. The average Bonchev–Trinajstić information content (AvgIpc) is 3.07. The van der Waals surface area contributed by atoms with Gasteiger partial charge in [0, 0.05) is 48.9 Å². The average molecular weight is 646 g/mol. The van der Waals surface area contributed by atoms with Gasteiger partial charge in [0.15, 0.2) is 23.1 Å². The van der Waals surface area contributed by atoms with Crippen molar-refractivity contribution >= 4 is 22.5 Å². The van der Waals surface area contributed by atoms with Crippen LogP contribution in [0, 0.1) is 11.6 Å². The number of rotatable bonds is 11. The van der Waals surface area contributed by atoms with Crippen LogP contribution in [0.2, 0.25) is 0 Å². The van der Waals surface area contributed by atoms with E-state index in [0.717, 1.165) is 6.07 Å². The van der Waals surface area contributed by atoms with Gasteiger partial charge in [-0.3, -0.25) is 19.1 Å². The van der Waals surface area contributed by atoms with E-state index in [1.807, 2.05) is 0 Å². The van der Waals surface area contributed by atoms with Crippen LogP contribution in [0.25, 0.3) is 16.6 Å². The Morgan fingerprint density at radius 2 is 1.74 bits per heavy atom. The fourth-order valence-corrected chi connectivity index (χ4v) is 5.00. The number of aliphatic hydroxyl groups excluding tert-OH is 1. The van der Waals surface area contributed by atoms with E-state index in [1.54, 1.807) is 19.1 Å². The molecule has 0 spiro atoms. The predicted octanol–water partition coefficient (Wildman–Crippen LogP) is 5.64. The van der Waals surface area contributed by atoms with Gasteiger partial charge in [-0.2, -0.15) is 0 Å². The summed E-state index contributed by atoms with van der Waals surface area (Å²) in [5.41, 5.74) is -0.171. The highest BCUT2D eigenvalue weighted by Crippen LogP contribution is 2.48. The van der Waals surface area contributed by atoms with Crippen LogP contribution in [0.15, 0.2) is 77.9 Å². The van der Waals surface area contributed by atoms with Crippen molar-refractivity contribution in [1.29, 1.82) is 0 Å². The molecule has 1 amide bonds. The van der Waals surface area contributed by atoms with Crippen LogP contribution >= 0.6 is 0 Å². The number of aromatic nitrogens is 2. The zero-order chi connectivity index (χ0) is 32.9. The first-order valence-electron chi connectivity index (χ1n) is 14.8. The number of hydrogen-bond donors (Lipinski definition) is 2. The van der Waals surface area contributed by atoms with E-state index in [2.05, 4.69) is 10.3 Å². The van der Waals surface area contributed by atoms with Crippen LogP contribution in [0.5, 0.6) is 34.5 Å². The quantitative estimate of drug-likeness (QED) is 0.175. The molecule has 0 aliphatic carbocycles. The molecule has 6 rings (SSSR count). The Morgan fingerprint density at radius 1 is 0.957 bits per heavy atom. The number of anilines is 1. The molecule has 3 heterocycles. The summed E-state index contributed by atoms with van der Waals surface area (Å²) in [6.45, 7) is 2.67. The van der Waals surface area contributed by atoms with E-state index in [-0.39, 0.29) is 54.9 Å². The molecule has 0 bridgehead atoms. The predicted molar refractivity (Wildman–Crippen MR) is 168 cm³/mol. The first-order valence-corrected chi connectivity index (χ1v) is 14.8. The summed E-state index contributed by atoms with van der Waals surface area (Å²) in [5, 5.41) is 12.1. The SMILES string of the molecule is CCOc1ccn(-c2ccc(F)cc2)c(=O)c1C(=O)Nc1ccc(Oc2ccnc3cc(OCCCO)c4c(c23)OCCO4)c(F)c1. The summed E-state index contributed by atoms with van der Waals surface area (Å²) < 4.78 is 59.1. The fourth-order valence-electron chi connectivity index (χ4n) is 5.00. The lowest BCUT2D eigenvalue weighted by Gasteiger charge is -2.23. The van der Waals surface area contributed by atoms with E-state index in [9.17, 15) is 14.0 Å². The lowest BCUT2D eigenvalue weighted by atomic mass is 10.1. The van der Waals surface area contributed by atoms with Crippen molar-refractivity contribution in [3.8, 4) is 40.2 Å². The van der Waals surface area contributed by atoms with Crippen molar-refractivity contribution in [3.05, 3.63) is 101 Å². The molecule has 2 aromatic heterocycles. The van der Waals surface area contributed by atoms with E-state index in [4.69, 9.17) is 28.8 Å². The minimum atomic E-state index is -0.830. The molecule has 5 aromatic rings. The maximum absolute atomic E-state index is 15.5. The summed E-state index contributed by atoms with van der Waals surface area (Å²) in [6.07, 6.45) is 3.34. The Labute approximate surface area is 266 Å². The second-order valence-corrected chi connectivity index (χ2v) is 10.2. The topological polar surface area (TPSA) is 130 Å². The number of pyridine rings is 2. The Balaban J connectivity index is 1.28. The minimum absolute atomic E-state index is 0.0326. The molecule has 0 radical (unpaired) electrons. The number of ether oxygens (including phenoxy) is 5. The second-order valence-electron chi connectivity index (χ2n) is 10.2. The second kappa shape index (κ2) is 13.7. The zero-order valence-electron chi connectivity index (χ0n) is 25.1. The summed E-state index contributed by atoms with van der Waals surface area (Å²) in [5.74, 6) is -0.912. The molecule has 11 nitrogen and oxygen atoms in total. The maximum atomic E-state index is 15.5. The van der Waals surface area contributed by atoms with Crippen molar-refractivity contribution in [2.45, 2.75) is 13.3 Å². The van der Waals surface area contributed by atoms with E-state index in [0.29, 0.717) is 46.9 Å². The zero-order valence-corrected chi connectivity index (χ0v) is 25.1. The van der Waals surface area contributed by atoms with Gasteiger partial charge in [-0.1, -0.05) is 0 Å². The van der Waals surface area contributed by atoms with E-state index < -0.39 is 23.1 Å². The number of benzene rings is 3. The highest BCUT2D eigenvalue weighted by atomic mass is 19.1. The molecule has 0 fully saturated rings. The van der Waals surface area contributed by atoms with Crippen LogP contribution < -0.4 is 34.6 Å². The molecule has 0 saturated heterocycles. The summed E-state index contributed by atoms with van der Waals surface area (Å²) in [4.78, 5) is 31.2. The van der Waals surface area contributed by atoms with Gasteiger partial charge in [-0.25, -0.2) is 8.78 Å². The Bertz CT molecular complexity index is 2000. The number of fused-ring (bicyclic) bond motifs is 3. The molecule has 0 unspecified atom stereocenters. The van der Waals surface area contributed by atoms with Gasteiger partial charge in [-0.15, -0.1) is 0 Å². The molecule has 1 aliphatic rings. The van der Waals surface area contributed by atoms with Gasteiger partial charge in [0.2, 0.25) is 5.75 Å². The van der Waals surface area contributed by atoms with Crippen LogP contribution in [0.1, 0.15) is 23.7 Å². The van der Waals surface area contributed by atoms with Crippen LogP contribution in [-0.2, 0) is 0 Å². The summed E-state index contributed by atoms with van der Waals surface area (Å²) >= 11 is 0. The molecular weight excluding hydrogens is 616 g/mol. The fraction of sp³-hybridized carbons (Fsp3) is 0.206. The standard InChI is InChI=1S/C34H29F2N3O8/c1-2-43-26-11-13-39(22-7-4-20(35)5-8-22)34(42)30(26)33(41)38-21-6-9-25(23(36)18-21)47-27-10-12-37-24-19-28(44-15-3-14-40)31-32(29(24)27)46-17-16-45-31/h4-13,18-19,40H,2-3,14-17H2,1H3,(H,38,41). The highest BCUT2D eigenvalue weighted by molar-refractivity contribution is 6.06. The van der Waals surface area contributed by atoms with Crippen molar-refractivity contribution < 1.29 is 42.4 Å². The lowest BCUT2D eigenvalue weighted by molar-refractivity contribution is 0.102. The third kappa shape index (κ3) is 6.51. The number of carbonyl (C=O) groups excluding carboxylic acids is 1. The number of carbonyl (C=O) groups is 1. The van der Waals surface area contributed by atoms with Gasteiger partial charge >= 0.3 is 0 Å². The third-order valence-corrected chi connectivity index (χ3v) is 7.10. The maximum Gasteiger partial charge on any atom is 0.271 e. The molecule has 1 aliphatic heterocycles. The van der Waals surface area contributed by atoms with Crippen molar-refractivity contribution in [3.63, 3.8) is 0 Å². The Hall–Kier alpha value is -5.69. The number of nitrogens with zero attached hydrogens (tertiary/aromatic N) is 2. The normalized spacial score (nSPS) is 12.1. The first-order chi connectivity index (χ1) is 22.9. The van der Waals surface area contributed by atoms with Crippen LogP contribution in [0.4, 0.5) is 14.5 Å². The van der Waals surface area contributed by atoms with E-state index in [1.165, 1.54) is 59.4 Å². The Kier molecular flexibility index (Phi) is 9.16. The summed E-state index contributed by atoms with van der Waals surface area (Å²) in [7, 11) is 0. The number of amides is 1. The van der Waals surface area contributed by atoms with Gasteiger partial charge < -0.3 is 34.1 Å². The highest BCUT2D eigenvalue weighted by Gasteiger charge is 2.25. The molecule has 47 heavy (non-hydrogen) atoms. The van der Waals surface area contributed by atoms with Gasteiger partial charge in [-0.05, 0) is 55.5 Å². The van der Waals surface area contributed by atoms with Crippen LogP contribution in [0.3, 0.4) is 0 Å². The number of aliphatic hydroxyl groups is 1. The molecule has 3 aromatic carbocycles. The third-order valence-electron chi connectivity index (χ3n) is 7.10. The first kappa shape index (κ1) is 31.3. The summed E-state index contributed by atoms with van der Waals surface area (Å²) in [6, 6.07) is 13.7. The smallest absolute Gasteiger partial charge is 0.271 e. The molecular formula is C34H29F2N3O8. The number of hydrogen-bond acceptors (Lipinski definition) is 9. The Morgan fingerprint density at radius 3 is 2.49 bits per heavy atom. The van der Waals surface area contributed by atoms with Crippen molar-refractivity contribution in [2.75, 3.05) is 38.4 Å². The molecule has 242 valence electrons. The van der Waals surface area contributed by atoms with E-state index >= 15 is 4.39 Å². The lowest BCUT2D eigenvalue weighted by Crippen LogP contribution is -2.29. The van der Waals surface area contributed by atoms with Gasteiger partial charge in [0.05, 0.1) is 24.1 Å². The largest absolute Gasteiger partial charge is 0.493 e. The molecule has 2 N–H and O–H groups in total. The molecule has 13 heteroatoms. The molecule has 0 saturated carbocycles. The van der Waals surface area contributed by atoms with Crippen LogP contribution in [-0.4, -0.2) is 53.6 Å². The van der Waals surface area contributed by atoms with Gasteiger partial charge in [0.25, 0.3) is 11.5 Å². The van der Waals surface area contributed by atoms with Gasteiger partial charge in [0.1, 0.15) is 36.1 Å². The number of halogens is 2. The molecule has 0 atom stereocenters. The monoisotopic (exact) mass is 645 g/mol.